The van der Waals surface area contributed by atoms with Gasteiger partial charge in [-0.25, -0.2) is 0 Å². The highest BCUT2D eigenvalue weighted by Crippen LogP contribution is 2.29. The molecule has 0 aromatic heterocycles. The lowest BCUT2D eigenvalue weighted by molar-refractivity contribution is -0.136. The van der Waals surface area contributed by atoms with Crippen LogP contribution < -0.4 is 21.3 Å². The minimum Gasteiger partial charge on any atom is -0.381 e. The standard InChI is InChI=1S/C27H29N5O5/c33-23-7-6-22(25(35)31-23)32-26(36)20-5-4-19(12-21(20)27(32)37)29-14-16-2-1-3-17(10-16)15-30-24(34)11-18-8-9-28-13-18/h1-5,10,12,18,22,28-29H,6-9,11,13-15H2,(H,30,34)(H,31,33,35)/t18-,22?/m0/s1. The zero-order valence-corrected chi connectivity index (χ0v) is 20.3. The fourth-order valence-corrected chi connectivity index (χ4v) is 5.06. The molecule has 192 valence electrons. The van der Waals surface area contributed by atoms with Gasteiger partial charge in [0.25, 0.3) is 11.8 Å². The normalized spacial score (nSPS) is 21.1. The smallest absolute Gasteiger partial charge is 0.262 e. The molecule has 2 fully saturated rings. The molecule has 0 radical (unpaired) electrons. The van der Waals surface area contributed by atoms with Gasteiger partial charge in [0, 0.05) is 31.6 Å². The van der Waals surface area contributed by atoms with Crippen molar-refractivity contribution in [1.29, 1.82) is 0 Å². The van der Waals surface area contributed by atoms with E-state index < -0.39 is 29.7 Å². The first-order chi connectivity index (χ1) is 17.9. The monoisotopic (exact) mass is 503 g/mol. The minimum absolute atomic E-state index is 0.0564. The minimum atomic E-state index is -0.987. The summed E-state index contributed by atoms with van der Waals surface area (Å²) in [7, 11) is 0. The molecule has 5 amide bonds. The van der Waals surface area contributed by atoms with Gasteiger partial charge in [0.1, 0.15) is 6.04 Å². The second-order valence-corrected chi connectivity index (χ2v) is 9.72. The van der Waals surface area contributed by atoms with Crippen LogP contribution in [0.1, 0.15) is 57.5 Å². The highest BCUT2D eigenvalue weighted by molar-refractivity contribution is 6.23. The van der Waals surface area contributed by atoms with Gasteiger partial charge in [-0.15, -0.1) is 0 Å². The van der Waals surface area contributed by atoms with E-state index in [9.17, 15) is 24.0 Å². The van der Waals surface area contributed by atoms with Crippen molar-refractivity contribution in [2.24, 2.45) is 5.92 Å². The number of nitrogens with zero attached hydrogens (tertiary/aromatic N) is 1. The summed E-state index contributed by atoms with van der Waals surface area (Å²) >= 11 is 0. The van der Waals surface area contributed by atoms with Gasteiger partial charge in [0.2, 0.25) is 17.7 Å². The lowest BCUT2D eigenvalue weighted by Crippen LogP contribution is -2.54. The number of anilines is 1. The Hall–Kier alpha value is -4.05. The van der Waals surface area contributed by atoms with E-state index in [0.29, 0.717) is 31.1 Å². The summed E-state index contributed by atoms with van der Waals surface area (Å²) in [6.07, 6.45) is 1.77. The summed E-state index contributed by atoms with van der Waals surface area (Å²) in [5.74, 6) is -1.64. The third-order valence-electron chi connectivity index (χ3n) is 7.05. The Kier molecular flexibility index (Phi) is 7.00. The highest BCUT2D eigenvalue weighted by Gasteiger charge is 2.44. The van der Waals surface area contributed by atoms with E-state index in [4.69, 9.17) is 0 Å². The van der Waals surface area contributed by atoms with Crippen LogP contribution in [0.25, 0.3) is 0 Å². The molecule has 3 heterocycles. The number of amides is 5. The highest BCUT2D eigenvalue weighted by atomic mass is 16.2. The first-order valence-electron chi connectivity index (χ1n) is 12.5. The van der Waals surface area contributed by atoms with E-state index >= 15 is 0 Å². The molecule has 0 aliphatic carbocycles. The van der Waals surface area contributed by atoms with E-state index in [1.165, 1.54) is 0 Å². The van der Waals surface area contributed by atoms with Gasteiger partial charge in [-0.3, -0.25) is 34.2 Å². The number of hydrogen-bond donors (Lipinski definition) is 4. The number of carbonyl (C=O) groups excluding carboxylic acids is 5. The molecule has 2 saturated heterocycles. The van der Waals surface area contributed by atoms with Gasteiger partial charge in [-0.2, -0.15) is 0 Å². The molecule has 2 aromatic rings. The van der Waals surface area contributed by atoms with Crippen molar-refractivity contribution < 1.29 is 24.0 Å². The maximum Gasteiger partial charge on any atom is 0.262 e. The molecule has 0 spiro atoms. The molecule has 37 heavy (non-hydrogen) atoms. The number of nitrogens with one attached hydrogen (secondary N) is 4. The summed E-state index contributed by atoms with van der Waals surface area (Å²) in [5, 5.41) is 11.7. The van der Waals surface area contributed by atoms with Gasteiger partial charge in [0.15, 0.2) is 0 Å². The van der Waals surface area contributed by atoms with E-state index in [1.807, 2.05) is 24.3 Å². The molecule has 4 N–H and O–H groups in total. The first kappa shape index (κ1) is 24.6. The van der Waals surface area contributed by atoms with E-state index in [0.717, 1.165) is 35.5 Å². The van der Waals surface area contributed by atoms with Crippen molar-refractivity contribution >= 4 is 35.2 Å². The maximum absolute atomic E-state index is 13.0. The second kappa shape index (κ2) is 10.5. The number of hydrogen-bond acceptors (Lipinski definition) is 7. The molecule has 1 unspecified atom stereocenters. The fraction of sp³-hybridized carbons (Fsp3) is 0.370. The summed E-state index contributed by atoms with van der Waals surface area (Å²) in [6.45, 7) is 2.80. The first-order valence-corrected chi connectivity index (χ1v) is 12.5. The van der Waals surface area contributed by atoms with Crippen molar-refractivity contribution in [2.75, 3.05) is 18.4 Å². The third kappa shape index (κ3) is 5.39. The number of rotatable bonds is 8. The molecular formula is C27H29N5O5. The Bertz CT molecular complexity index is 1270. The maximum atomic E-state index is 13.0. The van der Waals surface area contributed by atoms with Gasteiger partial charge in [-0.05, 0) is 61.2 Å². The van der Waals surface area contributed by atoms with Gasteiger partial charge < -0.3 is 16.0 Å². The molecule has 3 aliphatic heterocycles. The molecule has 0 bridgehead atoms. The summed E-state index contributed by atoms with van der Waals surface area (Å²) in [6, 6.07) is 11.8. The van der Waals surface area contributed by atoms with Gasteiger partial charge in [0.05, 0.1) is 11.1 Å². The summed E-state index contributed by atoms with van der Waals surface area (Å²) < 4.78 is 0. The number of fused-ring (bicyclic) bond motifs is 1. The van der Waals surface area contributed by atoms with Gasteiger partial charge in [-0.1, -0.05) is 24.3 Å². The number of piperidine rings is 1. The average molecular weight is 504 g/mol. The number of imide groups is 2. The Morgan fingerprint density at radius 3 is 2.49 bits per heavy atom. The van der Waals surface area contributed by atoms with Crippen LogP contribution in [0.5, 0.6) is 0 Å². The number of carbonyl (C=O) groups is 5. The summed E-state index contributed by atoms with van der Waals surface area (Å²) in [4.78, 5) is 62.7. The Morgan fingerprint density at radius 2 is 1.73 bits per heavy atom. The molecule has 10 nitrogen and oxygen atoms in total. The van der Waals surface area contributed by atoms with Gasteiger partial charge >= 0.3 is 0 Å². The van der Waals surface area contributed by atoms with E-state index in [-0.39, 0.29) is 29.9 Å². The lowest BCUT2D eigenvalue weighted by atomic mass is 10.0. The molecule has 0 saturated carbocycles. The van der Waals surface area contributed by atoms with Crippen molar-refractivity contribution in [2.45, 2.75) is 44.8 Å². The van der Waals surface area contributed by atoms with Crippen molar-refractivity contribution in [3.63, 3.8) is 0 Å². The molecule has 5 rings (SSSR count). The van der Waals surface area contributed by atoms with Crippen molar-refractivity contribution in [3.8, 4) is 0 Å². The Morgan fingerprint density at radius 1 is 0.946 bits per heavy atom. The topological polar surface area (TPSA) is 137 Å². The van der Waals surface area contributed by atoms with E-state index in [2.05, 4.69) is 21.3 Å². The largest absolute Gasteiger partial charge is 0.381 e. The van der Waals surface area contributed by atoms with Crippen LogP contribution in [0.2, 0.25) is 0 Å². The summed E-state index contributed by atoms with van der Waals surface area (Å²) in [5.41, 5.74) is 3.13. The van der Waals surface area contributed by atoms with Crippen LogP contribution in [0, 0.1) is 5.92 Å². The molecule has 2 aromatic carbocycles. The molecule has 3 aliphatic rings. The van der Waals surface area contributed by atoms with Crippen LogP contribution in [-0.4, -0.2) is 53.6 Å². The van der Waals surface area contributed by atoms with Crippen LogP contribution in [0.15, 0.2) is 42.5 Å². The third-order valence-corrected chi connectivity index (χ3v) is 7.05. The quantitative estimate of drug-likeness (QED) is 0.399. The number of benzene rings is 2. The van der Waals surface area contributed by atoms with Crippen LogP contribution in [0.3, 0.4) is 0 Å². The predicted molar refractivity (Wildman–Crippen MR) is 134 cm³/mol. The molecule has 2 atom stereocenters. The van der Waals surface area contributed by atoms with Crippen LogP contribution in [0.4, 0.5) is 5.69 Å². The SMILES string of the molecule is O=C(C[C@@H]1CCNC1)NCc1cccc(CNc2ccc3c(c2)C(=O)N(C2CCC(=O)NC2=O)C3=O)c1. The van der Waals surface area contributed by atoms with Crippen molar-refractivity contribution in [1.82, 2.24) is 20.9 Å². The van der Waals surface area contributed by atoms with Crippen molar-refractivity contribution in [3.05, 3.63) is 64.7 Å². The molecule has 10 heteroatoms. The lowest BCUT2D eigenvalue weighted by Gasteiger charge is -2.27. The van der Waals surface area contributed by atoms with Crippen LogP contribution in [-0.2, 0) is 27.5 Å². The zero-order valence-electron chi connectivity index (χ0n) is 20.3. The predicted octanol–water partition coefficient (Wildman–Crippen LogP) is 1.32. The van der Waals surface area contributed by atoms with Crippen LogP contribution >= 0.6 is 0 Å². The fourth-order valence-electron chi connectivity index (χ4n) is 5.06. The second-order valence-electron chi connectivity index (χ2n) is 9.72. The average Bonchev–Trinajstić information content (AvgIpc) is 3.48. The molecular weight excluding hydrogens is 474 g/mol. The van der Waals surface area contributed by atoms with E-state index in [1.54, 1.807) is 18.2 Å². The zero-order chi connectivity index (χ0) is 25.9. The Labute approximate surface area is 214 Å². The Balaban J connectivity index is 1.19.